The van der Waals surface area contributed by atoms with Gasteiger partial charge in [0.15, 0.2) is 5.76 Å². The van der Waals surface area contributed by atoms with Gasteiger partial charge in [-0.05, 0) is 43.0 Å². The molecule has 0 N–H and O–H groups in total. The van der Waals surface area contributed by atoms with Gasteiger partial charge in [-0.1, -0.05) is 37.5 Å². The lowest BCUT2D eigenvalue weighted by atomic mass is 9.90. The SMILES string of the molecule is C(=Nn1c(-c2cc3ccccc3o2)csc1=Nc1cccnc1)C1CCCCC1. The number of fused-ring (bicyclic) bond motifs is 1. The third-order valence-corrected chi connectivity index (χ3v) is 6.09. The Morgan fingerprint density at radius 3 is 2.83 bits per heavy atom. The van der Waals surface area contributed by atoms with Gasteiger partial charge in [-0.3, -0.25) is 4.98 Å². The van der Waals surface area contributed by atoms with Crippen molar-refractivity contribution < 1.29 is 4.42 Å². The fourth-order valence-corrected chi connectivity index (χ4v) is 4.58. The van der Waals surface area contributed by atoms with Crippen LogP contribution in [0, 0.1) is 5.92 Å². The van der Waals surface area contributed by atoms with Crippen LogP contribution in [0.5, 0.6) is 0 Å². The Bertz CT molecular complexity index is 1160. The van der Waals surface area contributed by atoms with Gasteiger partial charge in [0.05, 0.1) is 11.9 Å². The summed E-state index contributed by atoms with van der Waals surface area (Å²) in [6, 6.07) is 14.0. The maximum Gasteiger partial charge on any atom is 0.211 e. The standard InChI is InChI=1S/C23H22N4OS/c1-2-7-17(8-3-1)14-25-27-20(22-13-18-9-4-5-11-21(18)28-22)16-29-23(27)26-19-10-6-12-24-15-19/h4-6,9-17H,1-3,7-8H2. The quantitative estimate of drug-likeness (QED) is 0.393. The van der Waals surface area contributed by atoms with E-state index >= 15 is 0 Å². The molecule has 4 aromatic rings. The van der Waals surface area contributed by atoms with Gasteiger partial charge in [0.25, 0.3) is 0 Å². The summed E-state index contributed by atoms with van der Waals surface area (Å²) in [5.41, 5.74) is 2.61. The molecule has 146 valence electrons. The lowest BCUT2D eigenvalue weighted by molar-refractivity contribution is 0.443. The van der Waals surface area contributed by atoms with Gasteiger partial charge in [-0.2, -0.15) is 5.10 Å². The molecule has 0 saturated heterocycles. The minimum atomic E-state index is 0.533. The molecule has 3 aromatic heterocycles. The summed E-state index contributed by atoms with van der Waals surface area (Å²) < 4.78 is 8.01. The summed E-state index contributed by atoms with van der Waals surface area (Å²) in [6.07, 6.45) is 11.9. The minimum Gasteiger partial charge on any atom is -0.454 e. The second-order valence-electron chi connectivity index (χ2n) is 7.35. The fraction of sp³-hybridized carbons (Fsp3) is 0.261. The Morgan fingerprint density at radius 2 is 2.00 bits per heavy atom. The van der Waals surface area contributed by atoms with Crippen LogP contribution in [0.1, 0.15) is 32.1 Å². The van der Waals surface area contributed by atoms with Gasteiger partial charge in [0.2, 0.25) is 4.80 Å². The zero-order chi connectivity index (χ0) is 19.5. The number of para-hydroxylation sites is 1. The molecule has 0 atom stereocenters. The molecule has 0 aliphatic heterocycles. The largest absolute Gasteiger partial charge is 0.454 e. The van der Waals surface area contributed by atoms with Gasteiger partial charge in [-0.25, -0.2) is 9.67 Å². The molecular weight excluding hydrogens is 380 g/mol. The van der Waals surface area contributed by atoms with Crippen LogP contribution >= 0.6 is 11.3 Å². The molecule has 1 aliphatic rings. The molecule has 1 saturated carbocycles. The van der Waals surface area contributed by atoms with E-state index in [1.54, 1.807) is 23.7 Å². The molecule has 5 nitrogen and oxygen atoms in total. The summed E-state index contributed by atoms with van der Waals surface area (Å²) >= 11 is 1.56. The zero-order valence-corrected chi connectivity index (χ0v) is 16.9. The Hall–Kier alpha value is -2.99. The van der Waals surface area contributed by atoms with Crippen LogP contribution in [0.2, 0.25) is 0 Å². The Labute approximate surface area is 173 Å². The van der Waals surface area contributed by atoms with Gasteiger partial charge in [-0.15, -0.1) is 11.3 Å². The van der Waals surface area contributed by atoms with Gasteiger partial charge >= 0.3 is 0 Å². The second kappa shape index (κ2) is 8.17. The van der Waals surface area contributed by atoms with E-state index in [1.165, 1.54) is 32.1 Å². The number of furan rings is 1. The molecule has 1 aromatic carbocycles. The number of aromatic nitrogens is 2. The Kier molecular flexibility index (Phi) is 5.09. The zero-order valence-electron chi connectivity index (χ0n) is 16.1. The number of pyridine rings is 1. The van der Waals surface area contributed by atoms with Crippen molar-refractivity contribution in [1.29, 1.82) is 0 Å². The number of hydrogen-bond donors (Lipinski definition) is 0. The highest BCUT2D eigenvalue weighted by atomic mass is 32.1. The summed E-state index contributed by atoms with van der Waals surface area (Å²) in [5.74, 6) is 1.33. The van der Waals surface area contributed by atoms with E-state index in [1.807, 2.05) is 35.0 Å². The van der Waals surface area contributed by atoms with Crippen molar-refractivity contribution in [3.05, 3.63) is 65.0 Å². The first kappa shape index (κ1) is 18.1. The number of benzene rings is 1. The highest BCUT2D eigenvalue weighted by molar-refractivity contribution is 7.07. The normalized spacial score (nSPS) is 16.2. The molecule has 5 rings (SSSR count). The molecule has 0 spiro atoms. The molecule has 0 bridgehead atoms. The number of rotatable bonds is 4. The molecule has 0 amide bonds. The average molecular weight is 403 g/mol. The van der Waals surface area contributed by atoms with Crippen LogP contribution in [0.25, 0.3) is 22.4 Å². The van der Waals surface area contributed by atoms with Crippen LogP contribution < -0.4 is 4.80 Å². The van der Waals surface area contributed by atoms with E-state index < -0.39 is 0 Å². The third kappa shape index (κ3) is 3.93. The molecule has 29 heavy (non-hydrogen) atoms. The van der Waals surface area contributed by atoms with Crippen LogP contribution in [0.3, 0.4) is 0 Å². The van der Waals surface area contributed by atoms with Crippen LogP contribution in [0.4, 0.5) is 5.69 Å². The van der Waals surface area contributed by atoms with Crippen LogP contribution in [-0.2, 0) is 0 Å². The number of nitrogens with zero attached hydrogens (tertiary/aromatic N) is 4. The molecule has 6 heteroatoms. The molecular formula is C23H22N4OS. The van der Waals surface area contributed by atoms with Crippen molar-refractivity contribution in [3.8, 4) is 11.5 Å². The molecule has 1 fully saturated rings. The van der Waals surface area contributed by atoms with Crippen molar-refractivity contribution in [1.82, 2.24) is 9.66 Å². The molecule has 0 unspecified atom stereocenters. The Balaban J connectivity index is 1.60. The average Bonchev–Trinajstić information content (AvgIpc) is 3.37. The van der Waals surface area contributed by atoms with Crippen molar-refractivity contribution >= 4 is 34.2 Å². The van der Waals surface area contributed by atoms with Crippen molar-refractivity contribution in [2.75, 3.05) is 0 Å². The fourth-order valence-electron chi connectivity index (χ4n) is 3.74. The molecule has 0 radical (unpaired) electrons. The third-order valence-electron chi connectivity index (χ3n) is 5.28. The van der Waals surface area contributed by atoms with Crippen molar-refractivity contribution in [2.24, 2.45) is 16.0 Å². The first-order valence-corrected chi connectivity index (χ1v) is 10.9. The maximum atomic E-state index is 6.11. The predicted molar refractivity (Wildman–Crippen MR) is 117 cm³/mol. The summed E-state index contributed by atoms with van der Waals surface area (Å²) in [4.78, 5) is 9.74. The number of hydrogen-bond acceptors (Lipinski definition) is 5. The predicted octanol–water partition coefficient (Wildman–Crippen LogP) is 6.00. The lowest BCUT2D eigenvalue weighted by Gasteiger charge is -2.16. The Morgan fingerprint density at radius 1 is 1.10 bits per heavy atom. The van der Waals surface area contributed by atoms with Gasteiger partial charge < -0.3 is 4.42 Å². The molecule has 1 aliphatic carbocycles. The van der Waals surface area contributed by atoms with Gasteiger partial charge in [0.1, 0.15) is 11.3 Å². The van der Waals surface area contributed by atoms with E-state index in [0.29, 0.717) is 5.92 Å². The van der Waals surface area contributed by atoms with E-state index in [-0.39, 0.29) is 0 Å². The van der Waals surface area contributed by atoms with Crippen molar-refractivity contribution in [3.63, 3.8) is 0 Å². The van der Waals surface area contributed by atoms with Crippen LogP contribution in [-0.4, -0.2) is 15.9 Å². The topological polar surface area (TPSA) is 55.7 Å². The highest BCUT2D eigenvalue weighted by Crippen LogP contribution is 2.28. The first-order chi connectivity index (χ1) is 14.4. The maximum absolute atomic E-state index is 6.11. The van der Waals surface area contributed by atoms with E-state index in [4.69, 9.17) is 14.5 Å². The smallest absolute Gasteiger partial charge is 0.211 e. The summed E-state index contributed by atoms with van der Waals surface area (Å²) in [5, 5.41) is 8.01. The minimum absolute atomic E-state index is 0.533. The summed E-state index contributed by atoms with van der Waals surface area (Å²) in [6.45, 7) is 0. The first-order valence-electron chi connectivity index (χ1n) is 10.1. The number of thiazole rings is 1. The molecule has 3 heterocycles. The van der Waals surface area contributed by atoms with Crippen LogP contribution in [0.15, 0.2) is 74.7 Å². The second-order valence-corrected chi connectivity index (χ2v) is 8.19. The van der Waals surface area contributed by atoms with Crippen molar-refractivity contribution in [2.45, 2.75) is 32.1 Å². The van der Waals surface area contributed by atoms with E-state index in [0.717, 1.165) is 32.9 Å². The monoisotopic (exact) mass is 402 g/mol. The van der Waals surface area contributed by atoms with E-state index in [2.05, 4.69) is 28.7 Å². The lowest BCUT2D eigenvalue weighted by Crippen LogP contribution is -2.14. The summed E-state index contributed by atoms with van der Waals surface area (Å²) in [7, 11) is 0. The van der Waals surface area contributed by atoms with E-state index in [9.17, 15) is 0 Å². The highest BCUT2D eigenvalue weighted by Gasteiger charge is 2.15. The van der Waals surface area contributed by atoms with Gasteiger partial charge in [0, 0.05) is 23.2 Å².